The molecule has 5 aliphatic rings. The van der Waals surface area contributed by atoms with E-state index in [1.165, 1.54) is 0 Å². The Bertz CT molecular complexity index is 3310. The Hall–Kier alpha value is -3.46. The molecule has 2 aromatic heterocycles. The van der Waals surface area contributed by atoms with Gasteiger partial charge >= 0.3 is 0 Å². The molecule has 1 N–H and O–H groups in total. The van der Waals surface area contributed by atoms with Crippen LogP contribution in [0.1, 0.15) is 466 Å². The number of hydrogen-bond acceptors (Lipinski definition) is 23. The fourth-order valence-corrected chi connectivity index (χ4v) is 24.2. The summed E-state index contributed by atoms with van der Waals surface area (Å²) >= 11 is 0. The summed E-state index contributed by atoms with van der Waals surface area (Å²) in [4.78, 5) is 90.0. The zero-order valence-corrected chi connectivity index (χ0v) is 88.5. The Balaban J connectivity index is 1.81. The van der Waals surface area contributed by atoms with Gasteiger partial charge in [0.2, 0.25) is 29.7 Å². The molecule has 5 saturated heterocycles. The Kier molecular flexibility index (Phi) is 41.9. The van der Waals surface area contributed by atoms with Gasteiger partial charge in [0.05, 0.1) is 50.9 Å². The lowest BCUT2D eigenvalue weighted by Crippen LogP contribution is -2.71. The van der Waals surface area contributed by atoms with Crippen LogP contribution >= 0.6 is 0 Å². The van der Waals surface area contributed by atoms with Crippen molar-refractivity contribution >= 4 is 29.7 Å². The molecule has 7 rings (SSSR count). The van der Waals surface area contributed by atoms with E-state index >= 15 is 0 Å². The molecule has 732 valence electrons. The fourth-order valence-electron chi connectivity index (χ4n) is 24.2. The van der Waals surface area contributed by atoms with Gasteiger partial charge in [-0.3, -0.25) is 34.4 Å². The van der Waals surface area contributed by atoms with Crippen molar-refractivity contribution in [3.63, 3.8) is 0 Å². The van der Waals surface area contributed by atoms with Crippen molar-refractivity contribution in [1.82, 2.24) is 65.4 Å². The second-order valence-corrected chi connectivity index (χ2v) is 45.7. The van der Waals surface area contributed by atoms with Gasteiger partial charge in [0, 0.05) is 118 Å². The average molecular weight is 1770 g/mol. The molecule has 126 heavy (non-hydrogen) atoms. The summed E-state index contributed by atoms with van der Waals surface area (Å²) in [5.41, 5.74) is -4.59. The first-order valence-electron chi connectivity index (χ1n) is 52.4. The van der Waals surface area contributed by atoms with Gasteiger partial charge in [-0.1, -0.05) is 168 Å². The maximum absolute atomic E-state index is 7.20. The van der Waals surface area contributed by atoms with E-state index in [9.17, 15) is 0 Å². The van der Waals surface area contributed by atoms with Crippen LogP contribution < -0.4 is 29.8 Å². The number of anilines is 5. The van der Waals surface area contributed by atoms with Gasteiger partial charge in [-0.25, -0.2) is 0 Å². The molecule has 23 heteroatoms. The van der Waals surface area contributed by atoms with Gasteiger partial charge in [-0.2, -0.15) is 55.2 Å². The second kappa shape index (κ2) is 48.1. The van der Waals surface area contributed by atoms with Crippen LogP contribution in [-0.4, -0.2) is 224 Å². The monoisotopic (exact) mass is 1770 g/mol. The van der Waals surface area contributed by atoms with Crippen LogP contribution in [0.15, 0.2) is 0 Å². The van der Waals surface area contributed by atoms with Gasteiger partial charge in [0.15, 0.2) is 5.82 Å². The minimum atomic E-state index is -0.875. The van der Waals surface area contributed by atoms with Crippen molar-refractivity contribution in [2.45, 2.75) is 564 Å². The lowest BCUT2D eigenvalue weighted by Gasteiger charge is -2.62. The van der Waals surface area contributed by atoms with Crippen LogP contribution in [0, 0.1) is 0 Å². The van der Waals surface area contributed by atoms with Crippen molar-refractivity contribution in [3.05, 3.63) is 5.82 Å². The molecule has 0 spiro atoms. The molecule has 0 aromatic carbocycles. The lowest BCUT2D eigenvalue weighted by molar-refractivity contribution is -0.293. The van der Waals surface area contributed by atoms with E-state index in [1.54, 1.807) is 0 Å². The van der Waals surface area contributed by atoms with E-state index in [4.69, 9.17) is 59.4 Å². The Labute approximate surface area is 774 Å². The molecule has 2 unspecified atom stereocenters. The lowest BCUT2D eigenvalue weighted by atomic mass is 9.74. The second-order valence-electron chi connectivity index (χ2n) is 45.7. The summed E-state index contributed by atoms with van der Waals surface area (Å²) in [6, 6.07) is 0.00821. The minimum Gasteiger partial charge on any atom is -0.341 e. The molecule has 2 aromatic rings. The number of aromatic nitrogens is 6. The quantitative estimate of drug-likeness (QED) is 0.0489. The SMILES string of the molecule is CCCCCC(NC1CC(C)(C)N(OCCC)C(C)(C)C1)N(c1nc(N(CCCC)C2CC(C)(C)N(OCCC)C(C)(C)C2)nc(C(CC)(CC)N(C2CC(C)(C)N(OCCC)C(C)(C)C2)C(CCCCC)N(c2nc(N(CCCC)CCCC)nc(N(CCCC)CCCC)n2)C2CC(C)(C)N(OCCC)C(C)(C)C2)n1)C1CC(C)(C)N(OCCC)C(C)(C)C1. The van der Waals surface area contributed by atoms with Gasteiger partial charge in [0.25, 0.3) is 0 Å². The number of hydroxylamine groups is 10. The van der Waals surface area contributed by atoms with Crippen molar-refractivity contribution in [2.75, 3.05) is 90.3 Å². The van der Waals surface area contributed by atoms with Crippen molar-refractivity contribution in [1.29, 1.82) is 0 Å². The normalized spacial score (nSPS) is 21.9. The third-order valence-corrected chi connectivity index (χ3v) is 28.6. The molecular formula is C103H200N18O5. The molecule has 2 atom stereocenters. The summed E-state index contributed by atoms with van der Waals surface area (Å²) in [6.07, 6.45) is 32.7. The molecular weight excluding hydrogens is 1570 g/mol. The molecule has 0 saturated carbocycles. The first kappa shape index (κ1) is 110. The average Bonchev–Trinajstić information content (AvgIpc) is 0.717. The van der Waals surface area contributed by atoms with Crippen LogP contribution in [0.2, 0.25) is 0 Å². The summed E-state index contributed by atoms with van der Waals surface area (Å²) in [7, 11) is 0. The fraction of sp³-hybridized carbons (Fsp3) is 0.942. The van der Waals surface area contributed by atoms with Crippen LogP contribution in [0.4, 0.5) is 29.7 Å². The molecule has 5 aliphatic heterocycles. The number of unbranched alkanes of at least 4 members (excludes halogenated alkanes) is 9. The third-order valence-electron chi connectivity index (χ3n) is 28.6. The van der Waals surface area contributed by atoms with E-state index in [0.29, 0.717) is 45.9 Å². The standard InChI is InChI=1S/C103H200N18O5/c1-35-49-56-58-85(104-80-70-93(15,16)117(122-65-42-8)94(17,18)71-80)114(82-74-97(23,24)119(124-67-44-10)98(25,26)75-82)91-106-87(105-90(110-91)113(64-55-41-7)81-72-95(19,20)118(123-66-43-9)96(21,22)73-81)103(47-13,48-14)116(84-78-101(31,32)121(126-69-46-12)102(33,34)79-84)86(59-57-50-36-2)115(83-76-99(27,28)120(125-68-45-11)100(29,30)77-83)92-108-88(111(60-51-37-3)61-52-38-4)107-89(109-92)112(62-53-39-5)63-54-40-6/h80-86,104H,35-79H2,1-34H3. The number of nitrogens with zero attached hydrogens (tertiary/aromatic N) is 17. The number of nitrogens with one attached hydrogen (secondary N) is 1. The smallest absolute Gasteiger partial charge is 0.233 e. The number of rotatable bonds is 56. The van der Waals surface area contributed by atoms with Crippen molar-refractivity contribution < 1.29 is 24.2 Å². The first-order valence-corrected chi connectivity index (χ1v) is 52.4. The summed E-state index contributed by atoms with van der Waals surface area (Å²) in [5, 5.41) is 16.6. The van der Waals surface area contributed by atoms with Crippen LogP contribution in [0.25, 0.3) is 0 Å². The van der Waals surface area contributed by atoms with E-state index in [2.05, 4.69) is 290 Å². The van der Waals surface area contributed by atoms with Crippen LogP contribution in [-0.2, 0) is 29.7 Å². The molecule has 5 fully saturated rings. The maximum Gasteiger partial charge on any atom is 0.233 e. The van der Waals surface area contributed by atoms with Gasteiger partial charge in [0.1, 0.15) is 0 Å². The minimum absolute atomic E-state index is 0.0387. The molecule has 0 radical (unpaired) electrons. The van der Waals surface area contributed by atoms with Crippen molar-refractivity contribution in [2.24, 2.45) is 0 Å². The summed E-state index contributed by atoms with van der Waals surface area (Å²) in [5.74, 6) is 4.80. The first-order chi connectivity index (χ1) is 59.3. The molecule has 0 aliphatic carbocycles. The highest BCUT2D eigenvalue weighted by atomic mass is 16.7. The topological polar surface area (TPSA) is 171 Å². The zero-order valence-electron chi connectivity index (χ0n) is 88.5. The van der Waals surface area contributed by atoms with E-state index in [0.717, 1.165) is 280 Å². The predicted molar refractivity (Wildman–Crippen MR) is 530 cm³/mol. The molecule has 23 nitrogen and oxygen atoms in total. The van der Waals surface area contributed by atoms with Crippen molar-refractivity contribution in [3.8, 4) is 0 Å². The highest BCUT2D eigenvalue weighted by molar-refractivity contribution is 5.50. The Morgan fingerprint density at radius 2 is 0.579 bits per heavy atom. The highest BCUT2D eigenvalue weighted by Crippen LogP contribution is 2.53. The maximum atomic E-state index is 7.20. The predicted octanol–water partition coefficient (Wildman–Crippen LogP) is 24.3. The third kappa shape index (κ3) is 27.4. The number of piperidine rings is 5. The highest BCUT2D eigenvalue weighted by Gasteiger charge is 2.60. The van der Waals surface area contributed by atoms with E-state index < -0.39 is 38.8 Å². The van der Waals surface area contributed by atoms with E-state index in [1.807, 2.05) is 0 Å². The zero-order chi connectivity index (χ0) is 93.7. The van der Waals surface area contributed by atoms with E-state index in [-0.39, 0.29) is 64.7 Å². The molecule has 0 bridgehead atoms. The Morgan fingerprint density at radius 1 is 0.302 bits per heavy atom. The summed E-state index contributed by atoms with van der Waals surface area (Å²) < 4.78 is 0. The van der Waals surface area contributed by atoms with Gasteiger partial charge < -0.3 is 24.5 Å². The Morgan fingerprint density at radius 3 is 0.913 bits per heavy atom. The van der Waals surface area contributed by atoms with Crippen LogP contribution in [0.3, 0.4) is 0 Å². The summed E-state index contributed by atoms with van der Waals surface area (Å²) in [6.45, 7) is 89.0. The van der Waals surface area contributed by atoms with Gasteiger partial charge in [-0.15, -0.1) is 0 Å². The van der Waals surface area contributed by atoms with Gasteiger partial charge in [-0.05, 0) is 293 Å². The van der Waals surface area contributed by atoms with Crippen LogP contribution in [0.5, 0.6) is 0 Å². The largest absolute Gasteiger partial charge is 0.341 e. The molecule has 0 amide bonds. The molecule has 7 heterocycles. The number of hydrogen-bond donors (Lipinski definition) is 1.